The van der Waals surface area contributed by atoms with Crippen LogP contribution in [-0.4, -0.2) is 35.6 Å². The second-order valence-corrected chi connectivity index (χ2v) is 5.00. The van der Waals surface area contributed by atoms with E-state index in [0.717, 1.165) is 37.1 Å². The number of anilines is 2. The van der Waals surface area contributed by atoms with E-state index in [2.05, 4.69) is 15.2 Å². The summed E-state index contributed by atoms with van der Waals surface area (Å²) in [7, 11) is 0. The fourth-order valence-electron chi connectivity index (χ4n) is 2.94. The first-order valence-corrected chi connectivity index (χ1v) is 6.22. The Hall–Kier alpha value is -1.82. The molecule has 2 aromatic rings. The van der Waals surface area contributed by atoms with Crippen molar-refractivity contribution in [3.8, 4) is 0 Å². The summed E-state index contributed by atoms with van der Waals surface area (Å²) >= 11 is 0. The number of nitrogens with zero attached hydrogens (tertiary/aromatic N) is 3. The van der Waals surface area contributed by atoms with Crippen LogP contribution in [0.1, 0.15) is 12.8 Å². The lowest BCUT2D eigenvalue weighted by Crippen LogP contribution is -2.42. The molecule has 1 aromatic carbocycles. The molecular formula is C12H14N4O2. The number of nitrogen functional groups attached to an aromatic ring is 1. The fraction of sp³-hybridized carbons (Fsp3) is 0.500. The van der Waals surface area contributed by atoms with Crippen molar-refractivity contribution in [2.45, 2.75) is 25.0 Å². The number of morpholine rings is 1. The molecule has 6 heteroatoms. The summed E-state index contributed by atoms with van der Waals surface area (Å²) in [4.78, 5) is 2.30. The van der Waals surface area contributed by atoms with Gasteiger partial charge in [-0.3, -0.25) is 0 Å². The van der Waals surface area contributed by atoms with Gasteiger partial charge in [0.25, 0.3) is 0 Å². The highest BCUT2D eigenvalue weighted by Crippen LogP contribution is 2.34. The zero-order valence-electron chi connectivity index (χ0n) is 9.87. The molecule has 94 valence electrons. The number of fused-ring (bicyclic) bond motifs is 3. The van der Waals surface area contributed by atoms with E-state index >= 15 is 0 Å². The van der Waals surface area contributed by atoms with E-state index < -0.39 is 0 Å². The van der Waals surface area contributed by atoms with Crippen LogP contribution in [0.15, 0.2) is 16.8 Å². The van der Waals surface area contributed by atoms with Crippen molar-refractivity contribution in [3.63, 3.8) is 0 Å². The third-order valence-electron chi connectivity index (χ3n) is 3.81. The molecule has 0 saturated carbocycles. The molecule has 2 aliphatic rings. The van der Waals surface area contributed by atoms with Gasteiger partial charge in [0.05, 0.1) is 23.6 Å². The zero-order chi connectivity index (χ0) is 12.1. The van der Waals surface area contributed by atoms with Gasteiger partial charge in [-0.1, -0.05) is 0 Å². The molecule has 1 aromatic heterocycles. The molecule has 2 saturated heterocycles. The minimum atomic E-state index is 0.344. The lowest BCUT2D eigenvalue weighted by atomic mass is 10.2. The SMILES string of the molecule is Nc1ccc(N2CC3CCC(C2)O3)c2nonc12. The van der Waals surface area contributed by atoms with Crippen molar-refractivity contribution in [1.29, 1.82) is 0 Å². The third-order valence-corrected chi connectivity index (χ3v) is 3.81. The Bertz CT molecular complexity index is 585. The standard InChI is InChI=1S/C12H14N4O2/c13-9-3-4-10(12-11(9)14-18-15-12)16-5-7-1-2-8(6-16)17-7/h3-4,7-8H,1-2,5-6,13H2. The molecule has 2 unspecified atom stereocenters. The molecule has 0 amide bonds. The summed E-state index contributed by atoms with van der Waals surface area (Å²) in [6.07, 6.45) is 2.99. The molecule has 2 N–H and O–H groups in total. The van der Waals surface area contributed by atoms with Crippen molar-refractivity contribution in [2.75, 3.05) is 23.7 Å². The van der Waals surface area contributed by atoms with Gasteiger partial charge >= 0.3 is 0 Å². The van der Waals surface area contributed by atoms with Gasteiger partial charge in [0.1, 0.15) is 0 Å². The largest absolute Gasteiger partial charge is 0.397 e. The van der Waals surface area contributed by atoms with Crippen molar-refractivity contribution in [3.05, 3.63) is 12.1 Å². The monoisotopic (exact) mass is 246 g/mol. The first-order valence-electron chi connectivity index (χ1n) is 6.22. The number of benzene rings is 1. The molecule has 18 heavy (non-hydrogen) atoms. The Labute approximate surface area is 104 Å². The lowest BCUT2D eigenvalue weighted by Gasteiger charge is -2.33. The minimum absolute atomic E-state index is 0.344. The molecule has 2 fully saturated rings. The number of hydrogen-bond donors (Lipinski definition) is 1. The van der Waals surface area contributed by atoms with Gasteiger partial charge in [-0.05, 0) is 35.3 Å². The first-order chi connectivity index (χ1) is 8.81. The maximum atomic E-state index is 5.86. The van der Waals surface area contributed by atoms with Crippen LogP contribution in [0, 0.1) is 0 Å². The van der Waals surface area contributed by atoms with Crippen molar-refractivity contribution in [1.82, 2.24) is 10.3 Å². The zero-order valence-corrected chi connectivity index (χ0v) is 9.87. The van der Waals surface area contributed by atoms with E-state index in [4.69, 9.17) is 15.1 Å². The Morgan fingerprint density at radius 2 is 1.83 bits per heavy atom. The molecule has 4 rings (SSSR count). The van der Waals surface area contributed by atoms with E-state index in [-0.39, 0.29) is 0 Å². The van der Waals surface area contributed by atoms with E-state index in [1.165, 1.54) is 0 Å². The summed E-state index contributed by atoms with van der Waals surface area (Å²) in [5, 5.41) is 7.83. The molecule has 2 bridgehead atoms. The Balaban J connectivity index is 1.78. The molecule has 2 atom stereocenters. The van der Waals surface area contributed by atoms with Gasteiger partial charge in [0, 0.05) is 13.1 Å². The molecule has 0 aliphatic carbocycles. The maximum Gasteiger partial charge on any atom is 0.160 e. The predicted molar refractivity (Wildman–Crippen MR) is 66.3 cm³/mol. The van der Waals surface area contributed by atoms with Crippen molar-refractivity contribution in [2.24, 2.45) is 0 Å². The number of nitrogens with two attached hydrogens (primary N) is 1. The van der Waals surface area contributed by atoms with Crippen molar-refractivity contribution < 1.29 is 9.37 Å². The average Bonchev–Trinajstić information content (AvgIpc) is 2.97. The number of aromatic nitrogens is 2. The fourth-order valence-corrected chi connectivity index (χ4v) is 2.94. The van der Waals surface area contributed by atoms with Crippen LogP contribution in [0.2, 0.25) is 0 Å². The van der Waals surface area contributed by atoms with Gasteiger partial charge in [-0.2, -0.15) is 0 Å². The van der Waals surface area contributed by atoms with Gasteiger partial charge < -0.3 is 15.4 Å². The Morgan fingerprint density at radius 1 is 1.11 bits per heavy atom. The molecular weight excluding hydrogens is 232 g/mol. The van der Waals surface area contributed by atoms with Crippen LogP contribution in [0.5, 0.6) is 0 Å². The Kier molecular flexibility index (Phi) is 2.02. The van der Waals surface area contributed by atoms with Gasteiger partial charge in [0.15, 0.2) is 11.0 Å². The highest BCUT2D eigenvalue weighted by atomic mass is 16.6. The average molecular weight is 246 g/mol. The summed E-state index contributed by atoms with van der Waals surface area (Å²) in [5.74, 6) is 0. The van der Waals surface area contributed by atoms with Crippen LogP contribution in [0.25, 0.3) is 11.0 Å². The van der Waals surface area contributed by atoms with E-state index in [9.17, 15) is 0 Å². The molecule has 0 radical (unpaired) electrons. The number of ether oxygens (including phenoxy) is 1. The van der Waals surface area contributed by atoms with Crippen LogP contribution in [-0.2, 0) is 4.74 Å². The summed E-state index contributed by atoms with van der Waals surface area (Å²) < 4.78 is 10.6. The smallest absolute Gasteiger partial charge is 0.160 e. The predicted octanol–water partition coefficient (Wildman–Crippen LogP) is 1.17. The highest BCUT2D eigenvalue weighted by molar-refractivity contribution is 5.95. The molecule has 2 aliphatic heterocycles. The van der Waals surface area contributed by atoms with E-state index in [0.29, 0.717) is 23.4 Å². The van der Waals surface area contributed by atoms with Crippen LogP contribution < -0.4 is 10.6 Å². The first kappa shape index (κ1) is 10.1. The van der Waals surface area contributed by atoms with Crippen LogP contribution >= 0.6 is 0 Å². The molecule has 6 nitrogen and oxygen atoms in total. The topological polar surface area (TPSA) is 77.4 Å². The van der Waals surface area contributed by atoms with Gasteiger partial charge in [0.2, 0.25) is 0 Å². The summed E-state index contributed by atoms with van der Waals surface area (Å²) in [6.45, 7) is 1.81. The second-order valence-electron chi connectivity index (χ2n) is 5.00. The minimum Gasteiger partial charge on any atom is -0.397 e. The summed E-state index contributed by atoms with van der Waals surface area (Å²) in [5.41, 5.74) is 8.90. The second kappa shape index (κ2) is 3.58. The number of rotatable bonds is 1. The highest BCUT2D eigenvalue weighted by Gasteiger charge is 2.34. The maximum absolute atomic E-state index is 5.86. The lowest BCUT2D eigenvalue weighted by molar-refractivity contribution is 0.0306. The summed E-state index contributed by atoms with van der Waals surface area (Å²) in [6, 6.07) is 3.85. The third kappa shape index (κ3) is 1.38. The van der Waals surface area contributed by atoms with Crippen molar-refractivity contribution >= 4 is 22.4 Å². The molecule has 0 spiro atoms. The van der Waals surface area contributed by atoms with E-state index in [1.807, 2.05) is 12.1 Å². The van der Waals surface area contributed by atoms with Crippen LogP contribution in [0.3, 0.4) is 0 Å². The van der Waals surface area contributed by atoms with E-state index in [1.54, 1.807) is 0 Å². The quantitative estimate of drug-likeness (QED) is 0.761. The van der Waals surface area contributed by atoms with Gasteiger partial charge in [-0.15, -0.1) is 0 Å². The van der Waals surface area contributed by atoms with Gasteiger partial charge in [-0.25, -0.2) is 4.63 Å². The Morgan fingerprint density at radius 3 is 2.61 bits per heavy atom. The number of hydrogen-bond acceptors (Lipinski definition) is 6. The molecule has 3 heterocycles. The van der Waals surface area contributed by atoms with Crippen LogP contribution in [0.4, 0.5) is 11.4 Å². The normalized spacial score (nSPS) is 27.0.